The van der Waals surface area contributed by atoms with Gasteiger partial charge in [0.2, 0.25) is 0 Å². The van der Waals surface area contributed by atoms with Crippen molar-refractivity contribution in [2.75, 3.05) is 37.9 Å². The Morgan fingerprint density at radius 2 is 1.21 bits per heavy atom. The fourth-order valence-electron chi connectivity index (χ4n) is 3.73. The highest BCUT2D eigenvalue weighted by molar-refractivity contribution is 8.00. The highest BCUT2D eigenvalue weighted by atomic mass is 32.2. The van der Waals surface area contributed by atoms with Crippen molar-refractivity contribution < 1.29 is 23.9 Å². The molecule has 0 atom stereocenters. The lowest BCUT2D eigenvalue weighted by molar-refractivity contribution is -0.154. The molecule has 8 heteroatoms. The summed E-state index contributed by atoms with van der Waals surface area (Å²) in [4.78, 5) is 40.2. The van der Waals surface area contributed by atoms with Gasteiger partial charge in [0.05, 0.1) is 18.6 Å². The van der Waals surface area contributed by atoms with Crippen molar-refractivity contribution in [3.05, 3.63) is 95.1 Å². The van der Waals surface area contributed by atoms with E-state index >= 15 is 0 Å². The molecule has 3 aromatic carbocycles. The lowest BCUT2D eigenvalue weighted by atomic mass is 9.97. The molecule has 0 saturated carbocycles. The van der Waals surface area contributed by atoms with Crippen molar-refractivity contribution in [1.82, 2.24) is 5.32 Å². The summed E-state index contributed by atoms with van der Waals surface area (Å²) in [5, 5.41) is 2.82. The number of thioether (sulfide) groups is 2. The topological polar surface area (TPSA) is 81.7 Å². The molecule has 1 N–H and O–H groups in total. The van der Waals surface area contributed by atoms with Gasteiger partial charge in [0, 0.05) is 44.9 Å². The highest BCUT2D eigenvalue weighted by Crippen LogP contribution is 2.28. The molecule has 224 valence electrons. The molecular formula is C34H41NO5S2. The van der Waals surface area contributed by atoms with Crippen molar-refractivity contribution in [2.45, 2.75) is 44.4 Å². The van der Waals surface area contributed by atoms with Crippen LogP contribution in [0.15, 0.2) is 82.6 Å². The number of aryl methyl sites for hydroxylation is 2. The molecule has 42 heavy (non-hydrogen) atoms. The summed E-state index contributed by atoms with van der Waals surface area (Å²) >= 11 is 3.38. The van der Waals surface area contributed by atoms with Gasteiger partial charge in [0.1, 0.15) is 6.61 Å². The lowest BCUT2D eigenvalue weighted by Gasteiger charge is -2.16. The summed E-state index contributed by atoms with van der Waals surface area (Å²) in [5.41, 5.74) is 2.94. The van der Waals surface area contributed by atoms with Crippen molar-refractivity contribution >= 4 is 41.2 Å². The van der Waals surface area contributed by atoms with E-state index < -0.39 is 5.41 Å². The van der Waals surface area contributed by atoms with Gasteiger partial charge in [-0.1, -0.05) is 47.5 Å². The first-order valence-electron chi connectivity index (χ1n) is 14.1. The van der Waals surface area contributed by atoms with Gasteiger partial charge in [0.15, 0.2) is 5.78 Å². The van der Waals surface area contributed by atoms with Crippen LogP contribution >= 0.6 is 23.5 Å². The molecule has 0 spiro atoms. The van der Waals surface area contributed by atoms with Crippen LogP contribution in [-0.4, -0.2) is 55.5 Å². The molecule has 1 amide bonds. The minimum atomic E-state index is -0.546. The average molecular weight is 608 g/mol. The largest absolute Gasteiger partial charge is 0.463 e. The number of nitrogens with one attached hydrogen (secondary N) is 1. The van der Waals surface area contributed by atoms with Crippen molar-refractivity contribution in [1.29, 1.82) is 0 Å². The van der Waals surface area contributed by atoms with E-state index in [-0.39, 0.29) is 36.8 Å². The van der Waals surface area contributed by atoms with E-state index in [4.69, 9.17) is 9.47 Å². The fraction of sp³-hybridized carbons (Fsp3) is 0.382. The van der Waals surface area contributed by atoms with Crippen molar-refractivity contribution in [2.24, 2.45) is 11.3 Å². The Bertz CT molecular complexity index is 1250. The molecule has 0 fully saturated rings. The fourth-order valence-corrected chi connectivity index (χ4v) is 5.87. The van der Waals surface area contributed by atoms with E-state index in [0.717, 1.165) is 9.79 Å². The number of rotatable bonds is 15. The van der Waals surface area contributed by atoms with E-state index in [1.807, 2.05) is 0 Å². The van der Waals surface area contributed by atoms with Gasteiger partial charge in [-0.2, -0.15) is 0 Å². The molecule has 0 aliphatic rings. The molecule has 0 saturated heterocycles. The Morgan fingerprint density at radius 1 is 0.714 bits per heavy atom. The minimum absolute atomic E-state index is 0.0711. The molecule has 0 radical (unpaired) electrons. The van der Waals surface area contributed by atoms with Crippen LogP contribution < -0.4 is 5.32 Å². The van der Waals surface area contributed by atoms with Gasteiger partial charge in [-0.3, -0.25) is 14.4 Å². The molecule has 0 bridgehead atoms. The first-order chi connectivity index (χ1) is 20.0. The summed E-state index contributed by atoms with van der Waals surface area (Å²) in [6.45, 7) is 10.6. The quantitative estimate of drug-likeness (QED) is 0.0860. The first kappa shape index (κ1) is 33.4. The first-order valence-corrected chi connectivity index (χ1v) is 16.1. The lowest BCUT2D eigenvalue weighted by Crippen LogP contribution is -2.28. The second kappa shape index (κ2) is 16.5. The zero-order valence-electron chi connectivity index (χ0n) is 25.1. The monoisotopic (exact) mass is 607 g/mol. The Labute approximate surface area is 258 Å². The molecule has 3 aromatic rings. The minimum Gasteiger partial charge on any atom is -0.463 e. The van der Waals surface area contributed by atoms with Crippen molar-refractivity contribution in [3.8, 4) is 0 Å². The van der Waals surface area contributed by atoms with E-state index in [1.165, 1.54) is 11.1 Å². The van der Waals surface area contributed by atoms with Gasteiger partial charge in [-0.25, -0.2) is 0 Å². The third kappa shape index (κ3) is 11.3. The van der Waals surface area contributed by atoms with E-state index in [9.17, 15) is 14.4 Å². The van der Waals surface area contributed by atoms with Crippen LogP contribution in [0, 0.1) is 25.2 Å². The normalized spacial score (nSPS) is 11.4. The summed E-state index contributed by atoms with van der Waals surface area (Å²) in [5.74, 6) is 0.696. The third-order valence-corrected chi connectivity index (χ3v) is 8.70. The highest BCUT2D eigenvalue weighted by Gasteiger charge is 2.23. The van der Waals surface area contributed by atoms with Crippen LogP contribution in [0.3, 0.4) is 0 Å². The van der Waals surface area contributed by atoms with Crippen LogP contribution in [0.25, 0.3) is 0 Å². The van der Waals surface area contributed by atoms with Crippen molar-refractivity contribution in [3.63, 3.8) is 0 Å². The Kier molecular flexibility index (Phi) is 13.2. The van der Waals surface area contributed by atoms with Crippen LogP contribution in [0.5, 0.6) is 0 Å². The summed E-state index contributed by atoms with van der Waals surface area (Å²) < 4.78 is 10.6. The number of ether oxygens (including phenoxy) is 2. The maximum atomic E-state index is 13.6. The maximum absolute atomic E-state index is 13.6. The number of Topliss-reactive ketones (excluding diaryl/α,β-unsaturated/α-hetero) is 1. The second-order valence-corrected chi connectivity index (χ2v) is 13.3. The van der Waals surface area contributed by atoms with Gasteiger partial charge < -0.3 is 14.8 Å². The number of ketones is 1. The Morgan fingerprint density at radius 3 is 1.71 bits per heavy atom. The number of carbonyl (C=O) groups is 3. The van der Waals surface area contributed by atoms with Crippen LogP contribution in [0.1, 0.15) is 52.6 Å². The number of carbonyl (C=O) groups excluding carboxylic acids is 3. The predicted molar refractivity (Wildman–Crippen MR) is 172 cm³/mol. The second-order valence-electron chi connectivity index (χ2n) is 11.1. The molecule has 0 aliphatic carbocycles. The zero-order valence-corrected chi connectivity index (χ0v) is 26.7. The van der Waals surface area contributed by atoms with Gasteiger partial charge in [-0.15, -0.1) is 23.5 Å². The smallest absolute Gasteiger partial charge is 0.311 e. The predicted octanol–water partition coefficient (Wildman–Crippen LogP) is 7.02. The standard InChI is InChI=1S/C34H41NO5S2/c1-24-6-14-29(15-7-24)41-22-28(23-42-30-16-8-25(2)9-17-30)31(36)26-10-12-27(13-11-26)32(37)35-18-19-39-20-21-40-33(38)34(3,4)5/h6-17,28H,18-23H2,1-5H3,(H,35,37). The maximum Gasteiger partial charge on any atom is 0.311 e. The summed E-state index contributed by atoms with van der Waals surface area (Å²) in [6.07, 6.45) is 0. The molecular weight excluding hydrogens is 567 g/mol. The van der Waals surface area contributed by atoms with Crippen LogP contribution in [0.2, 0.25) is 0 Å². The number of benzene rings is 3. The molecule has 0 heterocycles. The molecule has 0 aliphatic heterocycles. The SMILES string of the molecule is Cc1ccc(SCC(CSc2ccc(C)cc2)C(=O)c2ccc(C(=O)NCCOCCOC(=O)C(C)(C)C)cc2)cc1. The van der Waals surface area contributed by atoms with E-state index in [2.05, 4.69) is 67.7 Å². The number of hydrogen-bond donors (Lipinski definition) is 1. The molecule has 3 rings (SSSR count). The molecule has 0 aromatic heterocycles. The zero-order chi connectivity index (χ0) is 30.5. The number of hydrogen-bond acceptors (Lipinski definition) is 7. The van der Waals surface area contributed by atoms with Crippen LogP contribution in [-0.2, 0) is 14.3 Å². The molecule has 6 nitrogen and oxygen atoms in total. The van der Waals surface area contributed by atoms with Gasteiger partial charge in [0.25, 0.3) is 5.91 Å². The third-order valence-electron chi connectivity index (χ3n) is 6.35. The Balaban J connectivity index is 1.51. The summed E-state index contributed by atoms with van der Waals surface area (Å²) in [7, 11) is 0. The van der Waals surface area contributed by atoms with Gasteiger partial charge in [-0.05, 0) is 71.0 Å². The summed E-state index contributed by atoms with van der Waals surface area (Å²) in [6, 6.07) is 23.5. The van der Waals surface area contributed by atoms with Crippen LogP contribution in [0.4, 0.5) is 0 Å². The number of amides is 1. The average Bonchev–Trinajstić information content (AvgIpc) is 2.97. The van der Waals surface area contributed by atoms with E-state index in [0.29, 0.717) is 35.8 Å². The van der Waals surface area contributed by atoms with E-state index in [1.54, 1.807) is 68.6 Å². The molecule has 0 unspecified atom stereocenters. The Hall–Kier alpha value is -3.07. The number of esters is 1. The van der Waals surface area contributed by atoms with Gasteiger partial charge >= 0.3 is 5.97 Å².